The maximum absolute atomic E-state index is 12.0. The van der Waals surface area contributed by atoms with Crippen LogP contribution in [0.25, 0.3) is 0 Å². The molecule has 0 fully saturated rings. The number of benzene rings is 1. The molecule has 7 heteroatoms. The highest BCUT2D eigenvalue weighted by Crippen LogP contribution is 2.18. The first-order valence-electron chi connectivity index (χ1n) is 4.87. The minimum absolute atomic E-state index is 0.0434. The van der Waals surface area contributed by atoms with Crippen molar-refractivity contribution < 1.29 is 8.42 Å². The summed E-state index contributed by atoms with van der Waals surface area (Å²) in [5.41, 5.74) is 0.425. The minimum atomic E-state index is -3.66. The maximum Gasteiger partial charge on any atom is 0.263 e. The van der Waals surface area contributed by atoms with Crippen molar-refractivity contribution in [2.75, 3.05) is 4.72 Å². The van der Waals surface area contributed by atoms with Crippen LogP contribution in [0.1, 0.15) is 0 Å². The number of anilines is 1. The van der Waals surface area contributed by atoms with E-state index in [0.29, 0.717) is 10.7 Å². The van der Waals surface area contributed by atoms with Crippen molar-refractivity contribution in [3.63, 3.8) is 0 Å². The predicted molar refractivity (Wildman–Crippen MR) is 71.5 cm³/mol. The van der Waals surface area contributed by atoms with E-state index in [4.69, 9.17) is 23.2 Å². The molecule has 1 heterocycles. The summed E-state index contributed by atoms with van der Waals surface area (Å²) in [5.74, 6) is 0. The van der Waals surface area contributed by atoms with Gasteiger partial charge >= 0.3 is 0 Å². The molecule has 0 radical (unpaired) electrons. The number of rotatable bonds is 3. The zero-order valence-electron chi connectivity index (χ0n) is 8.97. The van der Waals surface area contributed by atoms with Crippen LogP contribution in [-0.2, 0) is 10.0 Å². The van der Waals surface area contributed by atoms with E-state index >= 15 is 0 Å². The van der Waals surface area contributed by atoms with Crippen molar-refractivity contribution in [1.29, 1.82) is 0 Å². The molecule has 0 bridgehead atoms. The summed E-state index contributed by atoms with van der Waals surface area (Å²) in [5, 5.41) is 0.770. The summed E-state index contributed by atoms with van der Waals surface area (Å²) >= 11 is 11.3. The zero-order chi connectivity index (χ0) is 13.2. The van der Waals surface area contributed by atoms with E-state index in [-0.39, 0.29) is 10.0 Å². The van der Waals surface area contributed by atoms with Gasteiger partial charge < -0.3 is 0 Å². The molecule has 0 amide bonds. The molecule has 2 rings (SSSR count). The van der Waals surface area contributed by atoms with E-state index in [0.717, 1.165) is 0 Å². The second kappa shape index (κ2) is 5.14. The highest BCUT2D eigenvalue weighted by atomic mass is 35.5. The van der Waals surface area contributed by atoms with Gasteiger partial charge in [0.15, 0.2) is 0 Å². The third kappa shape index (κ3) is 3.13. The molecule has 2 aromatic rings. The smallest absolute Gasteiger partial charge is 0.263 e. The molecule has 94 valence electrons. The third-order valence-corrected chi connectivity index (χ3v) is 3.95. The van der Waals surface area contributed by atoms with Gasteiger partial charge in [0.25, 0.3) is 10.0 Å². The van der Waals surface area contributed by atoms with Crippen molar-refractivity contribution in [1.82, 2.24) is 4.98 Å². The Labute approximate surface area is 115 Å². The topological polar surface area (TPSA) is 59.1 Å². The molecule has 1 aromatic carbocycles. The van der Waals surface area contributed by atoms with Gasteiger partial charge in [-0.1, -0.05) is 23.2 Å². The van der Waals surface area contributed by atoms with Gasteiger partial charge in [-0.15, -0.1) is 0 Å². The van der Waals surface area contributed by atoms with Crippen molar-refractivity contribution >= 4 is 38.9 Å². The van der Waals surface area contributed by atoms with Gasteiger partial charge in [0.1, 0.15) is 10.0 Å². The lowest BCUT2D eigenvalue weighted by atomic mass is 10.3. The first kappa shape index (κ1) is 13.1. The molecule has 0 saturated carbocycles. The van der Waals surface area contributed by atoms with Crippen LogP contribution in [0.15, 0.2) is 47.5 Å². The van der Waals surface area contributed by atoms with Crippen LogP contribution in [0.3, 0.4) is 0 Å². The fourth-order valence-corrected chi connectivity index (χ4v) is 2.49. The highest BCUT2D eigenvalue weighted by Gasteiger charge is 2.14. The summed E-state index contributed by atoms with van der Waals surface area (Å²) in [6, 6.07) is 9.14. The highest BCUT2D eigenvalue weighted by molar-refractivity contribution is 7.92. The summed E-state index contributed by atoms with van der Waals surface area (Å²) in [4.78, 5) is 3.77. The summed E-state index contributed by atoms with van der Waals surface area (Å²) in [7, 11) is -3.66. The summed E-state index contributed by atoms with van der Waals surface area (Å²) in [6.45, 7) is 0. The van der Waals surface area contributed by atoms with E-state index in [1.165, 1.54) is 18.3 Å². The fourth-order valence-electron chi connectivity index (χ4n) is 1.25. The predicted octanol–water partition coefficient (Wildman–Crippen LogP) is 3.19. The molecule has 18 heavy (non-hydrogen) atoms. The molecular formula is C11H8Cl2N2O2S. The second-order valence-electron chi connectivity index (χ2n) is 3.43. The van der Waals surface area contributed by atoms with Gasteiger partial charge in [-0.2, -0.15) is 0 Å². The average molecular weight is 303 g/mol. The first-order valence-corrected chi connectivity index (χ1v) is 7.11. The monoisotopic (exact) mass is 302 g/mol. The first-order chi connectivity index (χ1) is 8.47. The Balaban J connectivity index is 2.27. The third-order valence-electron chi connectivity index (χ3n) is 2.11. The van der Waals surface area contributed by atoms with Gasteiger partial charge in [-0.05, 0) is 36.4 Å². The lowest BCUT2D eigenvalue weighted by Gasteiger charge is -2.07. The van der Waals surface area contributed by atoms with Crippen LogP contribution in [0.4, 0.5) is 5.69 Å². The Morgan fingerprint density at radius 2 is 1.67 bits per heavy atom. The van der Waals surface area contributed by atoms with Crippen LogP contribution < -0.4 is 4.72 Å². The van der Waals surface area contributed by atoms with Crippen LogP contribution in [0.2, 0.25) is 10.2 Å². The fraction of sp³-hybridized carbons (Fsp3) is 0. The number of halogens is 2. The van der Waals surface area contributed by atoms with E-state index in [1.54, 1.807) is 24.3 Å². The number of aromatic nitrogens is 1. The Bertz CT molecular complexity index is 640. The molecule has 0 saturated heterocycles. The molecule has 0 aliphatic carbocycles. The minimum Gasteiger partial charge on any atom is -0.280 e. The van der Waals surface area contributed by atoms with Crippen molar-refractivity contribution in [2.45, 2.75) is 4.90 Å². The number of sulfonamides is 1. The van der Waals surface area contributed by atoms with Gasteiger partial charge in [0.05, 0.1) is 0 Å². The lowest BCUT2D eigenvalue weighted by molar-refractivity contribution is 0.601. The molecule has 0 unspecified atom stereocenters. The number of nitrogens with one attached hydrogen (secondary N) is 1. The van der Waals surface area contributed by atoms with Crippen LogP contribution in [0, 0.1) is 0 Å². The van der Waals surface area contributed by atoms with Gasteiger partial charge in [0.2, 0.25) is 0 Å². The Morgan fingerprint density at radius 3 is 2.22 bits per heavy atom. The van der Waals surface area contributed by atoms with Gasteiger partial charge in [-0.25, -0.2) is 13.4 Å². The molecule has 4 nitrogen and oxygen atoms in total. The molecule has 0 atom stereocenters. The molecule has 0 aliphatic rings. The molecule has 1 N–H and O–H groups in total. The number of nitrogens with zero attached hydrogens (tertiary/aromatic N) is 1. The second-order valence-corrected chi connectivity index (χ2v) is 5.94. The summed E-state index contributed by atoms with van der Waals surface area (Å²) < 4.78 is 26.4. The van der Waals surface area contributed by atoms with Crippen molar-refractivity contribution in [3.8, 4) is 0 Å². The standard InChI is InChI=1S/C11H8Cl2N2O2S/c12-8-1-3-9(4-2-8)15-18(16,17)10-5-6-11(13)14-7-10/h1-7,15H. The Kier molecular flexibility index (Phi) is 3.75. The largest absolute Gasteiger partial charge is 0.280 e. The number of hydrogen-bond acceptors (Lipinski definition) is 3. The van der Waals surface area contributed by atoms with E-state index in [9.17, 15) is 8.42 Å². The number of hydrogen-bond donors (Lipinski definition) is 1. The molecule has 0 aliphatic heterocycles. The molecular weight excluding hydrogens is 295 g/mol. The Hall–Kier alpha value is -1.30. The van der Waals surface area contributed by atoms with Crippen LogP contribution in [0.5, 0.6) is 0 Å². The average Bonchev–Trinajstić information content (AvgIpc) is 2.32. The van der Waals surface area contributed by atoms with Crippen molar-refractivity contribution in [2.24, 2.45) is 0 Å². The van der Waals surface area contributed by atoms with E-state index < -0.39 is 10.0 Å². The lowest BCUT2D eigenvalue weighted by Crippen LogP contribution is -2.13. The van der Waals surface area contributed by atoms with E-state index in [1.807, 2.05) is 0 Å². The zero-order valence-corrected chi connectivity index (χ0v) is 11.3. The SMILES string of the molecule is O=S(=O)(Nc1ccc(Cl)cc1)c1ccc(Cl)nc1. The van der Waals surface area contributed by atoms with Crippen molar-refractivity contribution in [3.05, 3.63) is 52.8 Å². The van der Waals surface area contributed by atoms with Gasteiger partial charge in [-0.3, -0.25) is 4.72 Å². The maximum atomic E-state index is 12.0. The number of pyridine rings is 1. The van der Waals surface area contributed by atoms with E-state index in [2.05, 4.69) is 9.71 Å². The Morgan fingerprint density at radius 1 is 1.00 bits per heavy atom. The normalized spacial score (nSPS) is 11.2. The molecule has 1 aromatic heterocycles. The summed E-state index contributed by atoms with van der Waals surface area (Å²) in [6.07, 6.45) is 1.20. The molecule has 0 spiro atoms. The van der Waals surface area contributed by atoms with Gasteiger partial charge in [0, 0.05) is 16.9 Å². The van der Waals surface area contributed by atoms with Crippen LogP contribution in [-0.4, -0.2) is 13.4 Å². The quantitative estimate of drug-likeness (QED) is 0.886. The van der Waals surface area contributed by atoms with Crippen LogP contribution >= 0.6 is 23.2 Å².